The Bertz CT molecular complexity index is 770. The van der Waals surface area contributed by atoms with Gasteiger partial charge in [-0.25, -0.2) is 9.78 Å². The maximum atomic E-state index is 12.3. The predicted octanol–water partition coefficient (Wildman–Crippen LogP) is 3.19. The van der Waals surface area contributed by atoms with Crippen molar-refractivity contribution in [3.8, 4) is 11.6 Å². The normalized spacial score (nSPS) is 15.4. The number of carbonyl (C=O) groups is 1. The molecule has 2 amide bonds. The molecule has 2 heterocycles. The standard InChI is InChI=1S/C19H22BrN3O4/c1-25-8-9-27-18-5-2-13(11-21-18)12-22-19(24)23-16-6-7-26-17-4-3-14(20)10-15(16)17/h2-5,10-11,16H,6-9,12H2,1H3,(H2,22,23,24). The number of fused-ring (bicyclic) bond motifs is 1. The van der Waals surface area contributed by atoms with Crippen molar-refractivity contribution in [1.29, 1.82) is 0 Å². The van der Waals surface area contributed by atoms with Crippen molar-refractivity contribution in [2.75, 3.05) is 26.9 Å². The van der Waals surface area contributed by atoms with Crippen LogP contribution in [0.5, 0.6) is 11.6 Å². The van der Waals surface area contributed by atoms with Gasteiger partial charge in [-0.05, 0) is 23.8 Å². The van der Waals surface area contributed by atoms with Crippen LogP contribution in [-0.2, 0) is 11.3 Å². The van der Waals surface area contributed by atoms with E-state index in [2.05, 4.69) is 31.5 Å². The molecule has 27 heavy (non-hydrogen) atoms. The van der Waals surface area contributed by atoms with Crippen molar-refractivity contribution in [3.63, 3.8) is 0 Å². The summed E-state index contributed by atoms with van der Waals surface area (Å²) < 4.78 is 16.9. The summed E-state index contributed by atoms with van der Waals surface area (Å²) in [4.78, 5) is 16.5. The average Bonchev–Trinajstić information content (AvgIpc) is 2.68. The third-order valence-electron chi connectivity index (χ3n) is 4.10. The number of urea groups is 1. The van der Waals surface area contributed by atoms with Crippen LogP contribution in [0.15, 0.2) is 41.0 Å². The molecule has 0 saturated heterocycles. The number of hydrogen-bond donors (Lipinski definition) is 2. The molecule has 144 valence electrons. The van der Waals surface area contributed by atoms with E-state index < -0.39 is 0 Å². The number of hydrogen-bond acceptors (Lipinski definition) is 5. The number of nitrogens with one attached hydrogen (secondary N) is 2. The fourth-order valence-electron chi connectivity index (χ4n) is 2.74. The van der Waals surface area contributed by atoms with E-state index in [1.807, 2.05) is 24.3 Å². The van der Waals surface area contributed by atoms with E-state index in [4.69, 9.17) is 14.2 Å². The van der Waals surface area contributed by atoms with Gasteiger partial charge in [0.2, 0.25) is 5.88 Å². The Hall–Kier alpha value is -2.32. The molecule has 0 radical (unpaired) electrons. The van der Waals surface area contributed by atoms with Crippen molar-refractivity contribution < 1.29 is 19.0 Å². The van der Waals surface area contributed by atoms with Gasteiger partial charge in [0, 0.05) is 42.4 Å². The van der Waals surface area contributed by atoms with Crippen LogP contribution in [0, 0.1) is 0 Å². The van der Waals surface area contributed by atoms with Gasteiger partial charge < -0.3 is 24.8 Å². The highest BCUT2D eigenvalue weighted by Gasteiger charge is 2.23. The Kier molecular flexibility index (Phi) is 6.89. The highest BCUT2D eigenvalue weighted by Crippen LogP contribution is 2.33. The van der Waals surface area contributed by atoms with Crippen LogP contribution in [0.4, 0.5) is 4.79 Å². The second-order valence-corrected chi connectivity index (χ2v) is 6.96. The number of pyridine rings is 1. The molecule has 3 rings (SSSR count). The van der Waals surface area contributed by atoms with Crippen LogP contribution < -0.4 is 20.1 Å². The molecule has 0 spiro atoms. The number of aromatic nitrogens is 1. The number of halogens is 1. The third-order valence-corrected chi connectivity index (χ3v) is 4.60. The molecule has 0 aliphatic carbocycles. The Labute approximate surface area is 166 Å². The van der Waals surface area contributed by atoms with Crippen molar-refractivity contribution in [2.45, 2.75) is 19.0 Å². The van der Waals surface area contributed by atoms with Crippen LogP contribution in [0.1, 0.15) is 23.6 Å². The lowest BCUT2D eigenvalue weighted by atomic mass is 10.0. The minimum Gasteiger partial charge on any atom is -0.493 e. The lowest BCUT2D eigenvalue weighted by molar-refractivity contribution is 0.143. The third kappa shape index (κ3) is 5.58. The smallest absolute Gasteiger partial charge is 0.315 e. The first-order valence-electron chi connectivity index (χ1n) is 8.69. The number of rotatable bonds is 7. The summed E-state index contributed by atoms with van der Waals surface area (Å²) in [5, 5.41) is 5.87. The lowest BCUT2D eigenvalue weighted by Crippen LogP contribution is -2.39. The first-order valence-corrected chi connectivity index (χ1v) is 9.48. The molecule has 8 heteroatoms. The molecule has 0 bridgehead atoms. The summed E-state index contributed by atoms with van der Waals surface area (Å²) in [6, 6.07) is 9.15. The molecule has 1 aliphatic heterocycles. The second kappa shape index (κ2) is 9.57. The van der Waals surface area contributed by atoms with Crippen molar-refractivity contribution in [1.82, 2.24) is 15.6 Å². The largest absolute Gasteiger partial charge is 0.493 e. The first kappa shape index (κ1) is 19.4. The molecule has 7 nitrogen and oxygen atoms in total. The Morgan fingerprint density at radius 1 is 1.33 bits per heavy atom. The summed E-state index contributed by atoms with van der Waals surface area (Å²) in [6.07, 6.45) is 2.41. The highest BCUT2D eigenvalue weighted by molar-refractivity contribution is 9.10. The van der Waals surface area contributed by atoms with E-state index in [1.165, 1.54) is 0 Å². The van der Waals surface area contributed by atoms with Gasteiger partial charge in [0.05, 0.1) is 19.3 Å². The maximum absolute atomic E-state index is 12.3. The van der Waals surface area contributed by atoms with Crippen molar-refractivity contribution in [3.05, 3.63) is 52.1 Å². The molecular formula is C19H22BrN3O4. The van der Waals surface area contributed by atoms with Gasteiger partial charge in [-0.1, -0.05) is 22.0 Å². The zero-order valence-corrected chi connectivity index (χ0v) is 16.6. The fourth-order valence-corrected chi connectivity index (χ4v) is 3.12. The predicted molar refractivity (Wildman–Crippen MR) is 104 cm³/mol. The number of amides is 2. The van der Waals surface area contributed by atoms with Gasteiger partial charge >= 0.3 is 6.03 Å². The van der Waals surface area contributed by atoms with Gasteiger partial charge in [-0.2, -0.15) is 0 Å². The topological polar surface area (TPSA) is 81.7 Å². The minimum atomic E-state index is -0.228. The number of benzene rings is 1. The van der Waals surface area contributed by atoms with E-state index in [0.29, 0.717) is 32.2 Å². The van der Waals surface area contributed by atoms with E-state index in [9.17, 15) is 4.79 Å². The molecule has 2 N–H and O–H groups in total. The molecular weight excluding hydrogens is 414 g/mol. The number of nitrogens with zero attached hydrogens (tertiary/aromatic N) is 1. The molecule has 0 fully saturated rings. The Morgan fingerprint density at radius 3 is 3.00 bits per heavy atom. The summed E-state index contributed by atoms with van der Waals surface area (Å²) in [6.45, 7) is 1.92. The zero-order valence-electron chi connectivity index (χ0n) is 15.0. The van der Waals surface area contributed by atoms with E-state index >= 15 is 0 Å². The molecule has 2 aromatic rings. The van der Waals surface area contributed by atoms with Gasteiger partial charge in [0.1, 0.15) is 12.4 Å². The van der Waals surface area contributed by atoms with Gasteiger partial charge in [0.15, 0.2) is 0 Å². The van der Waals surface area contributed by atoms with Crippen LogP contribution in [-0.4, -0.2) is 37.9 Å². The van der Waals surface area contributed by atoms with Crippen LogP contribution in [0.25, 0.3) is 0 Å². The van der Waals surface area contributed by atoms with Crippen molar-refractivity contribution in [2.24, 2.45) is 0 Å². The lowest BCUT2D eigenvalue weighted by Gasteiger charge is -2.27. The summed E-state index contributed by atoms with van der Waals surface area (Å²) in [5.74, 6) is 1.34. The number of carbonyl (C=O) groups excluding carboxylic acids is 1. The summed E-state index contributed by atoms with van der Waals surface area (Å²) in [7, 11) is 1.62. The zero-order chi connectivity index (χ0) is 19.1. The highest BCUT2D eigenvalue weighted by atomic mass is 79.9. The number of methoxy groups -OCH3 is 1. The van der Waals surface area contributed by atoms with Crippen molar-refractivity contribution >= 4 is 22.0 Å². The maximum Gasteiger partial charge on any atom is 0.315 e. The summed E-state index contributed by atoms with van der Waals surface area (Å²) >= 11 is 3.46. The first-order chi connectivity index (χ1) is 13.2. The van der Waals surface area contributed by atoms with E-state index in [-0.39, 0.29) is 12.1 Å². The van der Waals surface area contributed by atoms with Gasteiger partial charge in [-0.3, -0.25) is 0 Å². The fraction of sp³-hybridized carbons (Fsp3) is 0.368. The van der Waals surface area contributed by atoms with Crippen LogP contribution >= 0.6 is 15.9 Å². The molecule has 1 atom stereocenters. The monoisotopic (exact) mass is 435 g/mol. The Balaban J connectivity index is 1.50. The molecule has 1 aromatic heterocycles. The molecule has 1 unspecified atom stereocenters. The van der Waals surface area contributed by atoms with E-state index in [0.717, 1.165) is 27.8 Å². The second-order valence-electron chi connectivity index (χ2n) is 6.04. The van der Waals surface area contributed by atoms with Crippen LogP contribution in [0.2, 0.25) is 0 Å². The Morgan fingerprint density at radius 2 is 2.22 bits per heavy atom. The van der Waals surface area contributed by atoms with Gasteiger partial charge in [0.25, 0.3) is 0 Å². The molecule has 0 saturated carbocycles. The van der Waals surface area contributed by atoms with E-state index in [1.54, 1.807) is 19.4 Å². The molecule has 1 aliphatic rings. The number of ether oxygens (including phenoxy) is 3. The van der Waals surface area contributed by atoms with Gasteiger partial charge in [-0.15, -0.1) is 0 Å². The SMILES string of the molecule is COCCOc1ccc(CNC(=O)NC2CCOc3ccc(Br)cc32)cn1. The molecule has 1 aromatic carbocycles. The quantitative estimate of drug-likeness (QED) is 0.652. The van der Waals surface area contributed by atoms with Crippen LogP contribution in [0.3, 0.4) is 0 Å². The summed E-state index contributed by atoms with van der Waals surface area (Å²) in [5.41, 5.74) is 1.87. The minimum absolute atomic E-state index is 0.0825. The average molecular weight is 436 g/mol.